The number of urea groups is 1. The Labute approximate surface area is 108 Å². The molecule has 4 nitrogen and oxygen atoms in total. The minimum Gasteiger partial charge on any atom is -0.324 e. The van der Waals surface area contributed by atoms with Gasteiger partial charge in [0, 0.05) is 13.1 Å². The molecule has 17 heavy (non-hydrogen) atoms. The van der Waals surface area contributed by atoms with Crippen LogP contribution in [-0.2, 0) is 4.79 Å². The molecule has 0 spiro atoms. The molecule has 3 amide bonds. The van der Waals surface area contributed by atoms with Gasteiger partial charge in [-0.25, -0.2) is 4.79 Å². The Morgan fingerprint density at radius 3 is 2.65 bits per heavy atom. The lowest BCUT2D eigenvalue weighted by Crippen LogP contribution is -2.43. The first-order valence-corrected chi connectivity index (χ1v) is 6.72. The Balaban J connectivity index is 2.45. The van der Waals surface area contributed by atoms with E-state index < -0.39 is 5.91 Å². The summed E-state index contributed by atoms with van der Waals surface area (Å²) in [6.07, 6.45) is 3.18. The van der Waals surface area contributed by atoms with Gasteiger partial charge in [0.2, 0.25) is 5.91 Å². The number of hydrogen-bond acceptors (Lipinski definition) is 2. The second-order valence-corrected chi connectivity index (χ2v) is 5.18. The van der Waals surface area contributed by atoms with Gasteiger partial charge in [-0.3, -0.25) is 10.1 Å². The summed E-state index contributed by atoms with van der Waals surface area (Å²) in [6, 6.07) is -0.306. The molecular formula is C12H21ClN2O2. The van der Waals surface area contributed by atoms with Gasteiger partial charge in [-0.1, -0.05) is 13.8 Å². The van der Waals surface area contributed by atoms with Gasteiger partial charge in [-0.15, -0.1) is 11.6 Å². The van der Waals surface area contributed by atoms with Crippen molar-refractivity contribution in [3.63, 3.8) is 0 Å². The number of carbonyl (C=O) groups is 2. The average Bonchev–Trinajstić information content (AvgIpc) is 2.54. The van der Waals surface area contributed by atoms with Crippen LogP contribution in [0.1, 0.15) is 33.1 Å². The highest BCUT2D eigenvalue weighted by Crippen LogP contribution is 2.24. The maximum absolute atomic E-state index is 11.7. The summed E-state index contributed by atoms with van der Waals surface area (Å²) in [5.74, 6) is 0.731. The fourth-order valence-electron chi connectivity index (χ4n) is 2.22. The first-order valence-electron chi connectivity index (χ1n) is 6.19. The average molecular weight is 261 g/mol. The van der Waals surface area contributed by atoms with E-state index in [4.69, 9.17) is 11.6 Å². The molecule has 5 heteroatoms. The zero-order valence-corrected chi connectivity index (χ0v) is 11.3. The summed E-state index contributed by atoms with van der Waals surface area (Å²) >= 11 is 5.35. The SMILES string of the molecule is CC(C)C1CCCN(C(=O)NC(=O)CCl)CC1. The van der Waals surface area contributed by atoms with E-state index in [1.807, 2.05) is 0 Å². The second kappa shape index (κ2) is 6.84. The third-order valence-corrected chi connectivity index (χ3v) is 3.61. The summed E-state index contributed by atoms with van der Waals surface area (Å²) in [7, 11) is 0. The van der Waals surface area contributed by atoms with Crippen molar-refractivity contribution in [2.24, 2.45) is 11.8 Å². The monoisotopic (exact) mass is 260 g/mol. The van der Waals surface area contributed by atoms with Crippen LogP contribution < -0.4 is 5.32 Å². The fourth-order valence-corrected chi connectivity index (χ4v) is 2.29. The molecule has 0 aliphatic carbocycles. The molecule has 1 fully saturated rings. The normalized spacial score (nSPS) is 21.2. The molecule has 0 aromatic carbocycles. The number of alkyl halides is 1. The number of halogens is 1. The van der Waals surface area contributed by atoms with E-state index in [2.05, 4.69) is 19.2 Å². The largest absolute Gasteiger partial charge is 0.324 e. The molecule has 1 aliphatic rings. The van der Waals surface area contributed by atoms with Crippen LogP contribution in [-0.4, -0.2) is 35.8 Å². The predicted octanol–water partition coefficient (Wildman–Crippen LogP) is 2.22. The molecule has 0 radical (unpaired) electrons. The highest BCUT2D eigenvalue weighted by molar-refractivity contribution is 6.28. The van der Waals surface area contributed by atoms with E-state index in [9.17, 15) is 9.59 Å². The fraction of sp³-hybridized carbons (Fsp3) is 0.833. The van der Waals surface area contributed by atoms with Gasteiger partial charge in [0.15, 0.2) is 0 Å². The summed E-state index contributed by atoms with van der Waals surface area (Å²) in [4.78, 5) is 24.5. The van der Waals surface area contributed by atoms with Crippen molar-refractivity contribution in [1.29, 1.82) is 0 Å². The standard InChI is InChI=1S/C12H21ClN2O2/c1-9(2)10-4-3-6-15(7-5-10)12(17)14-11(16)8-13/h9-10H,3-8H2,1-2H3,(H,14,16,17). The highest BCUT2D eigenvalue weighted by atomic mass is 35.5. The van der Waals surface area contributed by atoms with Gasteiger partial charge >= 0.3 is 6.03 Å². The zero-order chi connectivity index (χ0) is 12.8. The van der Waals surface area contributed by atoms with E-state index in [0.29, 0.717) is 11.8 Å². The number of nitrogens with zero attached hydrogens (tertiary/aromatic N) is 1. The topological polar surface area (TPSA) is 49.4 Å². The van der Waals surface area contributed by atoms with Crippen molar-refractivity contribution in [3.05, 3.63) is 0 Å². The Hall–Kier alpha value is -0.770. The van der Waals surface area contributed by atoms with Crippen LogP contribution in [0.4, 0.5) is 4.79 Å². The molecular weight excluding hydrogens is 240 g/mol. The van der Waals surface area contributed by atoms with E-state index in [-0.39, 0.29) is 11.9 Å². The van der Waals surface area contributed by atoms with Crippen molar-refractivity contribution in [3.8, 4) is 0 Å². The zero-order valence-electron chi connectivity index (χ0n) is 10.5. The molecule has 1 unspecified atom stereocenters. The molecule has 0 bridgehead atoms. The van der Waals surface area contributed by atoms with Crippen molar-refractivity contribution >= 4 is 23.5 Å². The molecule has 1 heterocycles. The Kier molecular flexibility index (Phi) is 5.75. The second-order valence-electron chi connectivity index (χ2n) is 4.91. The maximum atomic E-state index is 11.7. The quantitative estimate of drug-likeness (QED) is 0.774. The molecule has 1 saturated heterocycles. The maximum Gasteiger partial charge on any atom is 0.324 e. The van der Waals surface area contributed by atoms with Crippen LogP contribution in [0.15, 0.2) is 0 Å². The molecule has 1 rings (SSSR count). The van der Waals surface area contributed by atoms with E-state index in [1.54, 1.807) is 4.90 Å². The number of likely N-dealkylation sites (tertiary alicyclic amines) is 1. The van der Waals surface area contributed by atoms with Crippen LogP contribution in [0, 0.1) is 11.8 Å². The smallest absolute Gasteiger partial charge is 0.324 e. The van der Waals surface area contributed by atoms with Crippen molar-refractivity contribution < 1.29 is 9.59 Å². The third kappa shape index (κ3) is 4.54. The molecule has 1 aliphatic heterocycles. The molecule has 0 saturated carbocycles. The first-order chi connectivity index (χ1) is 8.04. The van der Waals surface area contributed by atoms with Gasteiger partial charge < -0.3 is 4.90 Å². The molecule has 1 N–H and O–H groups in total. The molecule has 1 atom stereocenters. The van der Waals surface area contributed by atoms with Crippen molar-refractivity contribution in [2.45, 2.75) is 33.1 Å². The van der Waals surface area contributed by atoms with Gasteiger partial charge in [0.05, 0.1) is 0 Å². The third-order valence-electron chi connectivity index (χ3n) is 3.37. The molecule has 0 aromatic rings. The first kappa shape index (κ1) is 14.3. The Bertz CT molecular complexity index is 282. The van der Waals surface area contributed by atoms with Gasteiger partial charge in [0.1, 0.15) is 5.88 Å². The number of rotatable bonds is 2. The van der Waals surface area contributed by atoms with Crippen LogP contribution >= 0.6 is 11.6 Å². The van der Waals surface area contributed by atoms with Crippen molar-refractivity contribution in [2.75, 3.05) is 19.0 Å². The Morgan fingerprint density at radius 1 is 1.35 bits per heavy atom. The summed E-state index contributed by atoms with van der Waals surface area (Å²) in [5.41, 5.74) is 0. The number of imide groups is 1. The number of carbonyl (C=O) groups excluding carboxylic acids is 2. The minimum atomic E-state index is -0.429. The minimum absolute atomic E-state index is 0.172. The van der Waals surface area contributed by atoms with Gasteiger partial charge in [-0.05, 0) is 31.1 Å². The number of amides is 3. The van der Waals surface area contributed by atoms with Gasteiger partial charge in [-0.2, -0.15) is 0 Å². The lowest BCUT2D eigenvalue weighted by Gasteiger charge is -2.21. The van der Waals surface area contributed by atoms with Crippen LogP contribution in [0.25, 0.3) is 0 Å². The van der Waals surface area contributed by atoms with Crippen LogP contribution in [0.3, 0.4) is 0 Å². The lowest BCUT2D eigenvalue weighted by molar-refractivity contribution is -0.117. The Morgan fingerprint density at radius 2 is 2.06 bits per heavy atom. The van der Waals surface area contributed by atoms with E-state index >= 15 is 0 Å². The number of hydrogen-bond donors (Lipinski definition) is 1. The highest BCUT2D eigenvalue weighted by Gasteiger charge is 2.22. The van der Waals surface area contributed by atoms with Crippen molar-refractivity contribution in [1.82, 2.24) is 10.2 Å². The van der Waals surface area contributed by atoms with Gasteiger partial charge in [0.25, 0.3) is 0 Å². The van der Waals surface area contributed by atoms with Crippen LogP contribution in [0.5, 0.6) is 0 Å². The van der Waals surface area contributed by atoms with E-state index in [1.165, 1.54) is 0 Å². The summed E-state index contributed by atoms with van der Waals surface area (Å²) in [6.45, 7) is 5.89. The molecule has 0 aromatic heterocycles. The summed E-state index contributed by atoms with van der Waals surface area (Å²) in [5, 5.41) is 2.29. The predicted molar refractivity (Wildman–Crippen MR) is 68.0 cm³/mol. The molecule has 98 valence electrons. The number of nitrogens with one attached hydrogen (secondary N) is 1. The van der Waals surface area contributed by atoms with Crippen LogP contribution in [0.2, 0.25) is 0 Å². The lowest BCUT2D eigenvalue weighted by atomic mass is 9.89. The summed E-state index contributed by atoms with van der Waals surface area (Å²) < 4.78 is 0. The van der Waals surface area contributed by atoms with E-state index in [0.717, 1.165) is 32.4 Å².